The minimum absolute atomic E-state index is 0.303. The van der Waals surface area contributed by atoms with Gasteiger partial charge in [-0.1, -0.05) is 6.42 Å². The molecule has 0 saturated heterocycles. The van der Waals surface area contributed by atoms with E-state index >= 15 is 0 Å². The summed E-state index contributed by atoms with van der Waals surface area (Å²) in [5, 5.41) is 42.8. The molecule has 14 nitrogen and oxygen atoms in total. The van der Waals surface area contributed by atoms with Crippen LogP contribution in [-0.2, 0) is 24.0 Å². The van der Waals surface area contributed by atoms with E-state index in [1.807, 2.05) is 5.32 Å². The number of unbranched alkanes of at least 4 members (excludes halogenated alkanes) is 1. The molecule has 3 amide bonds. The summed E-state index contributed by atoms with van der Waals surface area (Å²) in [7, 11) is 0. The van der Waals surface area contributed by atoms with Gasteiger partial charge in [0.15, 0.2) is 0 Å². The molecular formula is C17H31N5O9. The third kappa shape index (κ3) is 11.2. The molecule has 31 heavy (non-hydrogen) atoms. The second kappa shape index (κ2) is 15.1. The van der Waals surface area contributed by atoms with Gasteiger partial charge in [-0.05, 0) is 25.8 Å². The Morgan fingerprint density at radius 1 is 0.742 bits per heavy atom. The van der Waals surface area contributed by atoms with Gasteiger partial charge in [-0.25, -0.2) is 4.79 Å². The first-order valence-corrected chi connectivity index (χ1v) is 9.60. The Labute approximate surface area is 178 Å². The number of amides is 3. The second-order valence-electron chi connectivity index (χ2n) is 6.71. The van der Waals surface area contributed by atoms with E-state index in [1.165, 1.54) is 0 Å². The van der Waals surface area contributed by atoms with Gasteiger partial charge in [0.1, 0.15) is 18.1 Å². The molecule has 0 spiro atoms. The molecule has 0 aliphatic rings. The summed E-state index contributed by atoms with van der Waals surface area (Å²) in [6, 6.07) is -5.59. The molecule has 0 aromatic heterocycles. The number of carbonyl (C=O) groups excluding carboxylic acids is 3. The topological polar surface area (TPSA) is 254 Å². The van der Waals surface area contributed by atoms with Crippen LogP contribution in [0.15, 0.2) is 0 Å². The number of carboxylic acid groups (broad SMARTS) is 2. The quantitative estimate of drug-likeness (QED) is 0.102. The second-order valence-corrected chi connectivity index (χ2v) is 6.71. The van der Waals surface area contributed by atoms with Crippen LogP contribution in [-0.4, -0.2) is 94.0 Å². The molecule has 0 saturated carbocycles. The molecular weight excluding hydrogens is 418 g/mol. The maximum absolute atomic E-state index is 12.3. The largest absolute Gasteiger partial charge is 0.481 e. The van der Waals surface area contributed by atoms with E-state index in [0.29, 0.717) is 25.8 Å². The van der Waals surface area contributed by atoms with Gasteiger partial charge < -0.3 is 47.8 Å². The van der Waals surface area contributed by atoms with Crippen LogP contribution in [0.2, 0.25) is 0 Å². The first-order valence-electron chi connectivity index (χ1n) is 9.60. The zero-order valence-electron chi connectivity index (χ0n) is 17.0. The number of aliphatic hydroxyl groups is 2. The van der Waals surface area contributed by atoms with Crippen LogP contribution in [0.4, 0.5) is 0 Å². The van der Waals surface area contributed by atoms with Crippen molar-refractivity contribution in [3.05, 3.63) is 0 Å². The summed E-state index contributed by atoms with van der Waals surface area (Å²) >= 11 is 0. The van der Waals surface area contributed by atoms with Crippen LogP contribution in [0, 0.1) is 0 Å². The molecule has 0 fully saturated rings. The minimum atomic E-state index is -1.61. The van der Waals surface area contributed by atoms with E-state index in [-0.39, 0.29) is 0 Å². The predicted octanol–water partition coefficient (Wildman–Crippen LogP) is -4.17. The summed E-state index contributed by atoms with van der Waals surface area (Å²) in [5.41, 5.74) is 11.1. The number of hydrogen-bond acceptors (Lipinski definition) is 9. The fraction of sp³-hybridized carbons (Fsp3) is 0.706. The lowest BCUT2D eigenvalue weighted by molar-refractivity contribution is -0.143. The molecule has 0 bridgehead atoms. The predicted molar refractivity (Wildman–Crippen MR) is 105 cm³/mol. The van der Waals surface area contributed by atoms with Crippen LogP contribution in [0.25, 0.3) is 0 Å². The number of nitrogens with one attached hydrogen (secondary N) is 3. The van der Waals surface area contributed by atoms with Crippen LogP contribution in [0.1, 0.15) is 32.1 Å². The van der Waals surface area contributed by atoms with Gasteiger partial charge in [-0.15, -0.1) is 0 Å². The Bertz CT molecular complexity index is 631. The van der Waals surface area contributed by atoms with Crippen LogP contribution < -0.4 is 27.4 Å². The lowest BCUT2D eigenvalue weighted by atomic mass is 10.1. The fourth-order valence-electron chi connectivity index (χ4n) is 2.38. The van der Waals surface area contributed by atoms with Crippen molar-refractivity contribution in [1.29, 1.82) is 0 Å². The van der Waals surface area contributed by atoms with E-state index in [0.717, 1.165) is 0 Å². The van der Waals surface area contributed by atoms with Gasteiger partial charge in [-0.3, -0.25) is 19.2 Å². The number of carboxylic acids is 2. The summed E-state index contributed by atoms with van der Waals surface area (Å²) in [6.07, 6.45) is 0.594. The SMILES string of the molecule is NCCCCC(N)C(=O)NC(CO)C(=O)NC(CO)C(=O)NC(CCC(=O)O)C(=O)O. The molecule has 14 heteroatoms. The highest BCUT2D eigenvalue weighted by molar-refractivity contribution is 5.94. The highest BCUT2D eigenvalue weighted by Gasteiger charge is 2.29. The van der Waals surface area contributed by atoms with Crippen molar-refractivity contribution < 1.29 is 44.4 Å². The van der Waals surface area contributed by atoms with Crippen molar-refractivity contribution in [1.82, 2.24) is 16.0 Å². The van der Waals surface area contributed by atoms with E-state index in [9.17, 15) is 34.2 Å². The molecule has 0 heterocycles. The maximum Gasteiger partial charge on any atom is 0.326 e. The van der Waals surface area contributed by atoms with Crippen LogP contribution in [0.5, 0.6) is 0 Å². The maximum atomic E-state index is 12.3. The Hall–Kier alpha value is -2.81. The molecule has 0 aromatic rings. The van der Waals surface area contributed by atoms with Gasteiger partial charge in [0.05, 0.1) is 19.3 Å². The molecule has 0 aromatic carbocycles. The van der Waals surface area contributed by atoms with E-state index < -0.39 is 79.9 Å². The number of hydrogen-bond donors (Lipinski definition) is 9. The monoisotopic (exact) mass is 449 g/mol. The highest BCUT2D eigenvalue weighted by atomic mass is 16.4. The van der Waals surface area contributed by atoms with Gasteiger partial charge in [-0.2, -0.15) is 0 Å². The zero-order valence-corrected chi connectivity index (χ0v) is 17.0. The van der Waals surface area contributed by atoms with Crippen molar-refractivity contribution in [3.63, 3.8) is 0 Å². The average molecular weight is 449 g/mol. The molecule has 0 aliphatic carbocycles. The summed E-state index contributed by atoms with van der Waals surface area (Å²) in [4.78, 5) is 58.2. The van der Waals surface area contributed by atoms with Gasteiger partial charge >= 0.3 is 11.9 Å². The third-order valence-electron chi connectivity index (χ3n) is 4.20. The van der Waals surface area contributed by atoms with Gasteiger partial charge in [0, 0.05) is 6.42 Å². The van der Waals surface area contributed by atoms with E-state index in [1.54, 1.807) is 0 Å². The fourth-order valence-corrected chi connectivity index (χ4v) is 2.38. The first-order chi connectivity index (χ1) is 14.6. The van der Waals surface area contributed by atoms with Crippen molar-refractivity contribution in [2.24, 2.45) is 11.5 Å². The number of aliphatic carboxylic acids is 2. The highest BCUT2D eigenvalue weighted by Crippen LogP contribution is 2.01. The standard InChI is InChI=1S/C17H31N5O9/c18-6-2-1-3-9(19)14(27)21-11(7-23)16(29)22-12(8-24)15(28)20-10(17(30)31)4-5-13(25)26/h9-12,23-24H,1-8,18-19H2,(H,20,28)(H,21,27)(H,22,29)(H,25,26)(H,30,31). The molecule has 4 unspecified atom stereocenters. The van der Waals surface area contributed by atoms with Crippen molar-refractivity contribution in [2.45, 2.75) is 56.3 Å². The Kier molecular flexibility index (Phi) is 13.7. The smallest absolute Gasteiger partial charge is 0.326 e. The number of nitrogens with two attached hydrogens (primary N) is 2. The lowest BCUT2D eigenvalue weighted by Crippen LogP contribution is -2.59. The Balaban J connectivity index is 4.91. The third-order valence-corrected chi connectivity index (χ3v) is 4.20. The molecule has 178 valence electrons. The number of aliphatic hydroxyl groups excluding tert-OH is 2. The molecule has 11 N–H and O–H groups in total. The van der Waals surface area contributed by atoms with Crippen LogP contribution in [0.3, 0.4) is 0 Å². The molecule has 0 aliphatic heterocycles. The molecule has 4 atom stereocenters. The lowest BCUT2D eigenvalue weighted by Gasteiger charge is -2.23. The zero-order chi connectivity index (χ0) is 24.0. The van der Waals surface area contributed by atoms with Gasteiger partial charge in [0.25, 0.3) is 0 Å². The van der Waals surface area contributed by atoms with Crippen molar-refractivity contribution in [3.8, 4) is 0 Å². The average Bonchev–Trinajstić information content (AvgIpc) is 2.72. The number of carbonyl (C=O) groups is 5. The molecule has 0 rings (SSSR count). The summed E-state index contributed by atoms with van der Waals surface area (Å²) in [5.74, 6) is -5.58. The first kappa shape index (κ1) is 28.2. The number of rotatable bonds is 16. The van der Waals surface area contributed by atoms with E-state index in [4.69, 9.17) is 21.7 Å². The minimum Gasteiger partial charge on any atom is -0.481 e. The van der Waals surface area contributed by atoms with E-state index in [2.05, 4.69) is 10.6 Å². The van der Waals surface area contributed by atoms with Crippen LogP contribution >= 0.6 is 0 Å². The Morgan fingerprint density at radius 3 is 1.65 bits per heavy atom. The van der Waals surface area contributed by atoms with Crippen molar-refractivity contribution in [2.75, 3.05) is 19.8 Å². The summed E-state index contributed by atoms with van der Waals surface area (Å²) < 4.78 is 0. The van der Waals surface area contributed by atoms with Gasteiger partial charge in [0.2, 0.25) is 17.7 Å². The Morgan fingerprint density at radius 2 is 1.23 bits per heavy atom. The van der Waals surface area contributed by atoms with Crippen molar-refractivity contribution >= 4 is 29.7 Å². The summed E-state index contributed by atoms with van der Waals surface area (Å²) in [6.45, 7) is -1.32. The molecule has 0 radical (unpaired) electrons. The normalized spacial score (nSPS) is 14.6.